The Morgan fingerprint density at radius 3 is 2.32 bits per heavy atom. The number of nitrogens with two attached hydrogens (primary N) is 1. The second-order valence-electron chi connectivity index (χ2n) is 5.03. The number of sulfonamides is 1. The second-order valence-corrected chi connectivity index (χ2v) is 7.67. The van der Waals surface area contributed by atoms with Gasteiger partial charge in [0.15, 0.2) is 0 Å². The standard InChI is InChI=1S/C12H25N3O2S2/c1-4-11(12(13)18)19(16,17)14(3)10-6-8-15(5-2)9-7-10/h10-11H,4-9H2,1-3H3,(H2,13,18). The van der Waals surface area contributed by atoms with Gasteiger partial charge in [-0.3, -0.25) is 0 Å². The van der Waals surface area contributed by atoms with Crippen molar-refractivity contribution < 1.29 is 8.42 Å². The summed E-state index contributed by atoms with van der Waals surface area (Å²) in [6, 6.07) is 0.0659. The third kappa shape index (κ3) is 3.87. The molecule has 0 aromatic carbocycles. The first-order valence-corrected chi connectivity index (χ1v) is 8.74. The lowest BCUT2D eigenvalue weighted by Gasteiger charge is -2.36. The van der Waals surface area contributed by atoms with Crippen molar-refractivity contribution in [2.45, 2.75) is 44.4 Å². The molecule has 0 aromatic heterocycles. The van der Waals surface area contributed by atoms with Crippen molar-refractivity contribution in [3.8, 4) is 0 Å². The van der Waals surface area contributed by atoms with Gasteiger partial charge in [-0.25, -0.2) is 12.7 Å². The minimum Gasteiger partial charge on any atom is -0.392 e. The summed E-state index contributed by atoms with van der Waals surface area (Å²) in [7, 11) is -1.77. The van der Waals surface area contributed by atoms with Gasteiger partial charge in [0.25, 0.3) is 0 Å². The quantitative estimate of drug-likeness (QED) is 0.735. The first-order valence-electron chi connectivity index (χ1n) is 6.83. The van der Waals surface area contributed by atoms with Crippen LogP contribution in [-0.2, 0) is 10.0 Å². The molecule has 0 bridgehead atoms. The summed E-state index contributed by atoms with van der Waals surface area (Å²) in [5.74, 6) is 0. The van der Waals surface area contributed by atoms with Gasteiger partial charge in [-0.1, -0.05) is 26.1 Å². The third-order valence-electron chi connectivity index (χ3n) is 3.97. The fourth-order valence-electron chi connectivity index (χ4n) is 2.57. The van der Waals surface area contributed by atoms with Crippen LogP contribution < -0.4 is 5.73 Å². The van der Waals surface area contributed by atoms with Gasteiger partial charge < -0.3 is 10.6 Å². The fourth-order valence-corrected chi connectivity index (χ4v) is 4.84. The Morgan fingerprint density at radius 2 is 1.95 bits per heavy atom. The molecule has 0 spiro atoms. The van der Waals surface area contributed by atoms with Crippen molar-refractivity contribution in [3.05, 3.63) is 0 Å². The second kappa shape index (κ2) is 6.97. The zero-order valence-electron chi connectivity index (χ0n) is 12.0. The van der Waals surface area contributed by atoms with Gasteiger partial charge in [-0.15, -0.1) is 0 Å². The molecule has 7 heteroatoms. The zero-order chi connectivity index (χ0) is 14.6. The van der Waals surface area contributed by atoms with E-state index in [2.05, 4.69) is 11.8 Å². The molecule has 1 unspecified atom stereocenters. The van der Waals surface area contributed by atoms with E-state index in [-0.39, 0.29) is 11.0 Å². The molecular formula is C12H25N3O2S2. The monoisotopic (exact) mass is 307 g/mol. The maximum Gasteiger partial charge on any atom is 0.223 e. The smallest absolute Gasteiger partial charge is 0.223 e. The van der Waals surface area contributed by atoms with Crippen LogP contribution in [0.1, 0.15) is 33.1 Å². The highest BCUT2D eigenvalue weighted by Crippen LogP contribution is 2.21. The molecule has 1 aliphatic rings. The number of piperidine rings is 1. The molecule has 112 valence electrons. The van der Waals surface area contributed by atoms with E-state index in [9.17, 15) is 8.42 Å². The van der Waals surface area contributed by atoms with Crippen molar-refractivity contribution >= 4 is 27.2 Å². The maximum atomic E-state index is 12.5. The number of likely N-dealkylation sites (tertiary alicyclic amines) is 1. The van der Waals surface area contributed by atoms with E-state index in [4.69, 9.17) is 18.0 Å². The summed E-state index contributed by atoms with van der Waals surface area (Å²) in [6.07, 6.45) is 2.17. The van der Waals surface area contributed by atoms with Gasteiger partial charge in [0, 0.05) is 13.1 Å². The Bertz CT molecular complexity index is 403. The van der Waals surface area contributed by atoms with Crippen molar-refractivity contribution in [3.63, 3.8) is 0 Å². The van der Waals surface area contributed by atoms with E-state index >= 15 is 0 Å². The molecule has 1 saturated heterocycles. The molecule has 1 atom stereocenters. The van der Waals surface area contributed by atoms with E-state index in [1.807, 2.05) is 0 Å². The third-order valence-corrected chi connectivity index (χ3v) is 6.81. The van der Waals surface area contributed by atoms with Crippen LogP contribution in [0.5, 0.6) is 0 Å². The van der Waals surface area contributed by atoms with Gasteiger partial charge >= 0.3 is 0 Å². The molecular weight excluding hydrogens is 282 g/mol. The highest BCUT2D eigenvalue weighted by Gasteiger charge is 2.35. The number of nitrogens with zero attached hydrogens (tertiary/aromatic N) is 2. The Hall–Kier alpha value is -0.240. The van der Waals surface area contributed by atoms with Crippen LogP contribution >= 0.6 is 12.2 Å². The summed E-state index contributed by atoms with van der Waals surface area (Å²) >= 11 is 4.89. The first-order chi connectivity index (χ1) is 8.84. The lowest BCUT2D eigenvalue weighted by atomic mass is 10.1. The molecule has 1 heterocycles. The average molecular weight is 307 g/mol. The first kappa shape index (κ1) is 16.8. The number of hydrogen-bond acceptors (Lipinski definition) is 4. The summed E-state index contributed by atoms with van der Waals surface area (Å²) in [5, 5.41) is -0.739. The SMILES string of the molecule is CCC(C(N)=S)S(=O)(=O)N(C)C1CCN(CC)CC1. The van der Waals surface area contributed by atoms with Crippen LogP contribution in [0, 0.1) is 0 Å². The molecule has 0 saturated carbocycles. The molecule has 1 aliphatic heterocycles. The van der Waals surface area contributed by atoms with E-state index in [0.29, 0.717) is 6.42 Å². The molecule has 5 nitrogen and oxygen atoms in total. The predicted octanol–water partition coefficient (Wildman–Crippen LogP) is 0.797. The van der Waals surface area contributed by atoms with E-state index in [1.54, 1.807) is 14.0 Å². The molecule has 0 aliphatic carbocycles. The maximum absolute atomic E-state index is 12.5. The molecule has 0 amide bonds. The van der Waals surface area contributed by atoms with Crippen molar-refractivity contribution in [1.82, 2.24) is 9.21 Å². The van der Waals surface area contributed by atoms with Crippen LogP contribution in [0.4, 0.5) is 0 Å². The predicted molar refractivity (Wildman–Crippen MR) is 82.7 cm³/mol. The van der Waals surface area contributed by atoms with Crippen LogP contribution in [0.2, 0.25) is 0 Å². The summed E-state index contributed by atoms with van der Waals surface area (Å²) in [4.78, 5) is 2.40. The molecule has 19 heavy (non-hydrogen) atoms. The van der Waals surface area contributed by atoms with Crippen molar-refractivity contribution in [1.29, 1.82) is 0 Å². The number of rotatable bonds is 6. The summed E-state index contributed by atoms with van der Waals surface area (Å²) < 4.78 is 26.5. The Labute approximate surface area is 122 Å². The van der Waals surface area contributed by atoms with Crippen LogP contribution in [0.25, 0.3) is 0 Å². The molecule has 1 rings (SSSR count). The minimum atomic E-state index is -3.43. The van der Waals surface area contributed by atoms with Crippen molar-refractivity contribution in [2.24, 2.45) is 5.73 Å². The molecule has 0 aromatic rings. The van der Waals surface area contributed by atoms with Crippen molar-refractivity contribution in [2.75, 3.05) is 26.7 Å². The largest absolute Gasteiger partial charge is 0.392 e. The topological polar surface area (TPSA) is 66.6 Å². The van der Waals surface area contributed by atoms with Crippen LogP contribution in [0.3, 0.4) is 0 Å². The Balaban J connectivity index is 2.76. The summed E-state index contributed by atoms with van der Waals surface area (Å²) in [5.41, 5.74) is 5.56. The lowest BCUT2D eigenvalue weighted by Crippen LogP contribution is -2.50. The van der Waals surface area contributed by atoms with Gasteiger partial charge in [-0.2, -0.15) is 0 Å². The average Bonchev–Trinajstić information content (AvgIpc) is 2.38. The highest BCUT2D eigenvalue weighted by atomic mass is 32.2. The lowest BCUT2D eigenvalue weighted by molar-refractivity contribution is 0.176. The molecule has 1 fully saturated rings. The van der Waals surface area contributed by atoms with Gasteiger partial charge in [0.05, 0.1) is 4.99 Å². The fraction of sp³-hybridized carbons (Fsp3) is 0.917. The van der Waals surface area contributed by atoms with E-state index < -0.39 is 15.3 Å². The number of hydrogen-bond donors (Lipinski definition) is 1. The normalized spacial score (nSPS) is 20.6. The Kier molecular flexibility index (Phi) is 6.16. The summed E-state index contributed by atoms with van der Waals surface area (Å²) in [6.45, 7) is 6.85. The van der Waals surface area contributed by atoms with Gasteiger partial charge in [0.2, 0.25) is 10.0 Å². The van der Waals surface area contributed by atoms with Gasteiger partial charge in [0.1, 0.15) is 5.25 Å². The van der Waals surface area contributed by atoms with E-state index in [0.717, 1.165) is 32.5 Å². The highest BCUT2D eigenvalue weighted by molar-refractivity contribution is 7.92. The van der Waals surface area contributed by atoms with Gasteiger partial charge in [-0.05, 0) is 38.9 Å². The molecule has 2 N–H and O–H groups in total. The van der Waals surface area contributed by atoms with Crippen LogP contribution in [-0.4, -0.2) is 60.6 Å². The number of thiocarbonyl (C=S) groups is 1. The minimum absolute atomic E-state index is 0.0659. The zero-order valence-corrected chi connectivity index (χ0v) is 13.6. The van der Waals surface area contributed by atoms with E-state index in [1.165, 1.54) is 4.31 Å². The molecule has 0 radical (unpaired) electrons. The van der Waals surface area contributed by atoms with Crippen LogP contribution in [0.15, 0.2) is 0 Å². The Morgan fingerprint density at radius 1 is 1.42 bits per heavy atom.